The Hall–Kier alpha value is -1.54. The van der Waals surface area contributed by atoms with E-state index < -0.39 is 11.2 Å². The number of H-pyrrole nitrogens is 2. The maximum absolute atomic E-state index is 11.7. The molecule has 6 nitrogen and oxygen atoms in total. The summed E-state index contributed by atoms with van der Waals surface area (Å²) in [6.45, 7) is 1.91. The fourth-order valence-corrected chi connectivity index (χ4v) is 2.71. The van der Waals surface area contributed by atoms with Gasteiger partial charge in [-0.1, -0.05) is 0 Å². The van der Waals surface area contributed by atoms with Crippen molar-refractivity contribution in [2.75, 3.05) is 0 Å². The van der Waals surface area contributed by atoms with Crippen LogP contribution in [0, 0.1) is 6.92 Å². The first-order valence-electron chi connectivity index (χ1n) is 5.26. The molecule has 0 atom stereocenters. The zero-order chi connectivity index (χ0) is 13.7. The lowest BCUT2D eigenvalue weighted by atomic mass is 10.2. The molecule has 3 rings (SSSR count). The highest BCUT2D eigenvalue weighted by Gasteiger charge is 2.12. The first-order chi connectivity index (χ1) is 8.97. The molecular formula is C11H6Br2N4O2. The summed E-state index contributed by atoms with van der Waals surface area (Å²) in [7, 11) is 0. The number of hydrogen-bond acceptors (Lipinski definition) is 4. The largest absolute Gasteiger partial charge is 0.327 e. The van der Waals surface area contributed by atoms with E-state index in [1.54, 1.807) is 0 Å². The predicted molar refractivity (Wildman–Crippen MR) is 78.4 cm³/mol. The van der Waals surface area contributed by atoms with Crippen LogP contribution in [0.3, 0.4) is 0 Å². The molecule has 0 amide bonds. The van der Waals surface area contributed by atoms with Crippen LogP contribution in [0.25, 0.3) is 22.2 Å². The van der Waals surface area contributed by atoms with Gasteiger partial charge in [0.1, 0.15) is 5.52 Å². The summed E-state index contributed by atoms with van der Waals surface area (Å²) in [6.07, 6.45) is 0. The summed E-state index contributed by atoms with van der Waals surface area (Å²) in [5.74, 6) is 0. The molecule has 3 aromatic rings. The molecule has 0 bridgehead atoms. The van der Waals surface area contributed by atoms with Gasteiger partial charge in [0, 0.05) is 4.47 Å². The van der Waals surface area contributed by atoms with E-state index in [4.69, 9.17) is 0 Å². The number of nitrogens with one attached hydrogen (secondary N) is 2. The number of aromatic amines is 2. The normalized spacial score (nSPS) is 11.3. The molecule has 0 saturated heterocycles. The number of benzene rings is 1. The van der Waals surface area contributed by atoms with Crippen LogP contribution in [0.2, 0.25) is 0 Å². The lowest BCUT2D eigenvalue weighted by Gasteiger charge is -2.06. The molecule has 0 saturated carbocycles. The standard InChI is InChI=1S/C11H6Br2N4O2/c1-3-2-4-7(6(13)5(3)12)15-9-8(14-4)10(18)17-11(19)16-9/h2H,1H3,(H2,15,16,17,18,19). The van der Waals surface area contributed by atoms with Crippen molar-refractivity contribution in [2.24, 2.45) is 0 Å². The summed E-state index contributed by atoms with van der Waals surface area (Å²) in [5, 5.41) is 0. The third kappa shape index (κ3) is 1.91. The van der Waals surface area contributed by atoms with Crippen molar-refractivity contribution in [3.8, 4) is 0 Å². The van der Waals surface area contributed by atoms with Gasteiger partial charge in [0.15, 0.2) is 11.2 Å². The fraction of sp³-hybridized carbons (Fsp3) is 0.0909. The second-order valence-corrected chi connectivity index (χ2v) is 5.60. The second-order valence-electron chi connectivity index (χ2n) is 4.02. The highest BCUT2D eigenvalue weighted by molar-refractivity contribution is 9.13. The Labute approximate surface area is 122 Å². The zero-order valence-electron chi connectivity index (χ0n) is 9.54. The minimum Gasteiger partial charge on any atom is -0.290 e. The molecule has 0 aliphatic heterocycles. The van der Waals surface area contributed by atoms with Crippen LogP contribution in [0.4, 0.5) is 0 Å². The van der Waals surface area contributed by atoms with E-state index >= 15 is 0 Å². The lowest BCUT2D eigenvalue weighted by molar-refractivity contribution is 1.05. The number of nitrogens with zero attached hydrogens (tertiary/aromatic N) is 2. The molecule has 2 N–H and O–H groups in total. The van der Waals surface area contributed by atoms with Gasteiger partial charge in [-0.15, -0.1) is 0 Å². The van der Waals surface area contributed by atoms with E-state index in [1.165, 1.54) is 0 Å². The van der Waals surface area contributed by atoms with Crippen LogP contribution < -0.4 is 11.2 Å². The maximum Gasteiger partial charge on any atom is 0.327 e. The van der Waals surface area contributed by atoms with Crippen LogP contribution in [-0.4, -0.2) is 19.9 Å². The van der Waals surface area contributed by atoms with E-state index in [9.17, 15) is 9.59 Å². The van der Waals surface area contributed by atoms with Crippen molar-refractivity contribution in [1.82, 2.24) is 19.9 Å². The lowest BCUT2D eigenvalue weighted by Crippen LogP contribution is -2.23. The Morgan fingerprint density at radius 2 is 1.79 bits per heavy atom. The quantitative estimate of drug-likeness (QED) is 0.579. The summed E-state index contributed by atoms with van der Waals surface area (Å²) in [4.78, 5) is 36.1. The van der Waals surface area contributed by atoms with E-state index in [0.29, 0.717) is 11.0 Å². The molecular weight excluding hydrogens is 380 g/mol. The number of hydrogen-bond donors (Lipinski definition) is 2. The SMILES string of the molecule is Cc1cc2nc3c(=O)[nH]c(=O)[nH]c3nc2c(Br)c1Br. The molecule has 0 fully saturated rings. The summed E-state index contributed by atoms with van der Waals surface area (Å²) in [5.41, 5.74) is 1.24. The molecule has 96 valence electrons. The van der Waals surface area contributed by atoms with E-state index in [2.05, 4.69) is 51.8 Å². The van der Waals surface area contributed by atoms with Crippen molar-refractivity contribution < 1.29 is 0 Å². The van der Waals surface area contributed by atoms with Crippen molar-refractivity contribution >= 4 is 54.1 Å². The Balaban J connectivity index is 2.60. The smallest absolute Gasteiger partial charge is 0.290 e. The molecule has 19 heavy (non-hydrogen) atoms. The van der Waals surface area contributed by atoms with Crippen molar-refractivity contribution in [2.45, 2.75) is 6.92 Å². The number of aryl methyl sites for hydroxylation is 1. The number of fused-ring (bicyclic) bond motifs is 2. The van der Waals surface area contributed by atoms with Crippen LogP contribution in [0.1, 0.15) is 5.56 Å². The molecule has 2 aromatic heterocycles. The van der Waals surface area contributed by atoms with E-state index in [-0.39, 0.29) is 11.2 Å². The monoisotopic (exact) mass is 384 g/mol. The van der Waals surface area contributed by atoms with Gasteiger partial charge in [-0.2, -0.15) is 0 Å². The van der Waals surface area contributed by atoms with Gasteiger partial charge in [0.05, 0.1) is 9.99 Å². The first kappa shape index (κ1) is 12.5. The van der Waals surface area contributed by atoms with E-state index in [1.807, 2.05) is 13.0 Å². The highest BCUT2D eigenvalue weighted by atomic mass is 79.9. The molecule has 0 aliphatic rings. The molecule has 0 aliphatic carbocycles. The van der Waals surface area contributed by atoms with Crippen molar-refractivity contribution in [3.63, 3.8) is 0 Å². The number of halogens is 2. The molecule has 8 heteroatoms. The number of rotatable bonds is 0. The van der Waals surface area contributed by atoms with Gasteiger partial charge in [-0.3, -0.25) is 14.8 Å². The molecule has 0 unspecified atom stereocenters. The summed E-state index contributed by atoms with van der Waals surface area (Å²) >= 11 is 6.87. The molecule has 0 spiro atoms. The minimum atomic E-state index is -0.603. The van der Waals surface area contributed by atoms with Gasteiger partial charge in [0.2, 0.25) is 0 Å². The van der Waals surface area contributed by atoms with Gasteiger partial charge in [0.25, 0.3) is 5.56 Å². The van der Waals surface area contributed by atoms with Crippen LogP contribution >= 0.6 is 31.9 Å². The van der Waals surface area contributed by atoms with Gasteiger partial charge >= 0.3 is 5.69 Å². The third-order valence-electron chi connectivity index (χ3n) is 2.70. The van der Waals surface area contributed by atoms with Crippen LogP contribution in [0.15, 0.2) is 24.6 Å². The average molecular weight is 386 g/mol. The molecule has 2 heterocycles. The summed E-state index contributed by atoms with van der Waals surface area (Å²) < 4.78 is 1.60. The van der Waals surface area contributed by atoms with Crippen LogP contribution in [-0.2, 0) is 0 Å². The average Bonchev–Trinajstić information content (AvgIpc) is 2.35. The van der Waals surface area contributed by atoms with Crippen molar-refractivity contribution in [1.29, 1.82) is 0 Å². The maximum atomic E-state index is 11.7. The highest BCUT2D eigenvalue weighted by Crippen LogP contribution is 2.32. The Morgan fingerprint density at radius 1 is 1.05 bits per heavy atom. The summed E-state index contributed by atoms with van der Waals surface area (Å²) in [6, 6.07) is 1.82. The van der Waals surface area contributed by atoms with Gasteiger partial charge in [-0.05, 0) is 50.4 Å². The Kier molecular flexibility index (Phi) is 2.79. The van der Waals surface area contributed by atoms with Gasteiger partial charge < -0.3 is 0 Å². The zero-order valence-corrected chi connectivity index (χ0v) is 12.7. The minimum absolute atomic E-state index is 0.112. The predicted octanol–water partition coefficient (Wildman–Crippen LogP) is 1.99. The van der Waals surface area contributed by atoms with Crippen LogP contribution in [0.5, 0.6) is 0 Å². The Bertz CT molecular complexity index is 945. The third-order valence-corrected chi connectivity index (χ3v) is 5.02. The van der Waals surface area contributed by atoms with E-state index in [0.717, 1.165) is 14.5 Å². The number of aromatic nitrogens is 4. The topological polar surface area (TPSA) is 91.5 Å². The second kappa shape index (κ2) is 4.24. The Morgan fingerprint density at radius 3 is 2.53 bits per heavy atom. The van der Waals surface area contributed by atoms with Gasteiger partial charge in [-0.25, -0.2) is 14.8 Å². The van der Waals surface area contributed by atoms with Crippen molar-refractivity contribution in [3.05, 3.63) is 41.4 Å². The molecule has 0 radical (unpaired) electrons. The molecule has 1 aromatic carbocycles. The first-order valence-corrected chi connectivity index (χ1v) is 6.84. The fourth-order valence-electron chi connectivity index (χ4n) is 1.80.